The summed E-state index contributed by atoms with van der Waals surface area (Å²) in [4.78, 5) is 17.9. The average molecular weight is 274 g/mol. The minimum atomic E-state index is -2.91. The minimum Gasteiger partial charge on any atom is -0.343 e. The van der Waals surface area contributed by atoms with Crippen LogP contribution in [0.3, 0.4) is 0 Å². The highest BCUT2D eigenvalue weighted by molar-refractivity contribution is 7.91. The number of hydrogen-bond acceptors (Lipinski definition) is 6. The predicted octanol–water partition coefficient (Wildman–Crippen LogP) is 0.969. The number of thiazole rings is 1. The number of anilines is 1. The molecule has 94 valence electrons. The van der Waals surface area contributed by atoms with Gasteiger partial charge in [-0.3, -0.25) is 4.79 Å². The zero-order chi connectivity index (χ0) is 12.6. The van der Waals surface area contributed by atoms with Crippen LogP contribution in [0.1, 0.15) is 23.5 Å². The lowest BCUT2D eigenvalue weighted by Crippen LogP contribution is -2.46. The van der Waals surface area contributed by atoms with Crippen LogP contribution in [0.15, 0.2) is 6.20 Å². The molecule has 2 heterocycles. The van der Waals surface area contributed by atoms with Gasteiger partial charge in [-0.1, -0.05) is 11.3 Å². The Hall–Kier alpha value is -0.950. The first-order valence-corrected chi connectivity index (χ1v) is 7.97. The van der Waals surface area contributed by atoms with Gasteiger partial charge in [0.1, 0.15) is 0 Å². The van der Waals surface area contributed by atoms with E-state index in [1.807, 2.05) is 11.8 Å². The van der Waals surface area contributed by atoms with E-state index in [2.05, 4.69) is 4.98 Å². The molecule has 1 atom stereocenters. The third-order valence-electron chi connectivity index (χ3n) is 2.76. The third-order valence-corrected chi connectivity index (χ3v) is 5.69. The van der Waals surface area contributed by atoms with E-state index in [-0.39, 0.29) is 23.3 Å². The zero-order valence-electron chi connectivity index (χ0n) is 9.71. The molecular formula is C10H14N2O3S2. The third kappa shape index (κ3) is 2.66. The van der Waals surface area contributed by atoms with E-state index in [9.17, 15) is 13.2 Å². The molecule has 7 heteroatoms. The first-order chi connectivity index (χ1) is 7.89. The van der Waals surface area contributed by atoms with Crippen molar-refractivity contribution >= 4 is 32.1 Å². The van der Waals surface area contributed by atoms with Gasteiger partial charge < -0.3 is 4.90 Å². The Bertz CT molecular complexity index is 536. The Morgan fingerprint density at radius 2 is 2.29 bits per heavy atom. The highest BCUT2D eigenvalue weighted by Gasteiger charge is 2.29. The van der Waals surface area contributed by atoms with E-state index >= 15 is 0 Å². The number of carbonyl (C=O) groups is 1. The molecule has 0 aromatic carbocycles. The Morgan fingerprint density at radius 1 is 1.59 bits per heavy atom. The summed E-state index contributed by atoms with van der Waals surface area (Å²) < 4.78 is 22.9. The van der Waals surface area contributed by atoms with Crippen molar-refractivity contribution in [2.75, 3.05) is 23.0 Å². The number of Topliss-reactive ketones (excluding diaryl/α,β-unsaturated/α-hetero) is 1. The van der Waals surface area contributed by atoms with Crippen molar-refractivity contribution < 1.29 is 13.2 Å². The van der Waals surface area contributed by atoms with Gasteiger partial charge in [0.15, 0.2) is 20.8 Å². The standard InChI is InChI=1S/C10H14N2O3S2/c1-7-6-17(14,15)4-3-12(7)10-11-5-9(16-10)8(2)13/h5,7H,3-4,6H2,1-2H3. The second kappa shape index (κ2) is 4.38. The van der Waals surface area contributed by atoms with Crippen molar-refractivity contribution in [3.63, 3.8) is 0 Å². The predicted molar refractivity (Wildman–Crippen MR) is 67.6 cm³/mol. The number of rotatable bonds is 2. The highest BCUT2D eigenvalue weighted by Crippen LogP contribution is 2.26. The van der Waals surface area contributed by atoms with Crippen LogP contribution in [0.2, 0.25) is 0 Å². The van der Waals surface area contributed by atoms with Crippen LogP contribution in [0, 0.1) is 0 Å². The second-order valence-corrected chi connectivity index (χ2v) is 7.46. The number of nitrogens with zero attached hydrogens (tertiary/aromatic N) is 2. The lowest BCUT2D eigenvalue weighted by molar-refractivity contribution is 0.102. The van der Waals surface area contributed by atoms with Crippen LogP contribution in [0.5, 0.6) is 0 Å². The summed E-state index contributed by atoms with van der Waals surface area (Å²) in [7, 11) is -2.91. The molecule has 1 fully saturated rings. The minimum absolute atomic E-state index is 0.00830. The van der Waals surface area contributed by atoms with Crippen LogP contribution in [0.25, 0.3) is 0 Å². The van der Waals surface area contributed by atoms with E-state index in [1.54, 1.807) is 6.20 Å². The summed E-state index contributed by atoms with van der Waals surface area (Å²) in [6.45, 7) is 3.82. The van der Waals surface area contributed by atoms with Crippen LogP contribution in [0.4, 0.5) is 5.13 Å². The molecule has 0 saturated carbocycles. The van der Waals surface area contributed by atoms with Gasteiger partial charge in [0.05, 0.1) is 22.6 Å². The first-order valence-electron chi connectivity index (χ1n) is 5.33. The van der Waals surface area contributed by atoms with E-state index < -0.39 is 9.84 Å². The van der Waals surface area contributed by atoms with Crippen molar-refractivity contribution in [1.82, 2.24) is 4.98 Å². The van der Waals surface area contributed by atoms with Gasteiger partial charge in [-0.15, -0.1) is 0 Å². The molecule has 1 aromatic rings. The lowest BCUT2D eigenvalue weighted by Gasteiger charge is -2.32. The molecule has 1 unspecified atom stereocenters. The van der Waals surface area contributed by atoms with Crippen molar-refractivity contribution in [1.29, 1.82) is 0 Å². The van der Waals surface area contributed by atoms with Crippen molar-refractivity contribution in [3.05, 3.63) is 11.1 Å². The second-order valence-electron chi connectivity index (χ2n) is 4.22. The number of sulfone groups is 1. The topological polar surface area (TPSA) is 67.3 Å². The number of carbonyl (C=O) groups excluding carboxylic acids is 1. The molecule has 1 aliphatic rings. The Kier molecular flexibility index (Phi) is 3.22. The fraction of sp³-hybridized carbons (Fsp3) is 0.600. The monoisotopic (exact) mass is 274 g/mol. The largest absolute Gasteiger partial charge is 0.343 e. The summed E-state index contributed by atoms with van der Waals surface area (Å²) in [6, 6.07) is -0.0836. The first kappa shape index (κ1) is 12.5. The quantitative estimate of drug-likeness (QED) is 0.752. The maximum absolute atomic E-state index is 11.5. The van der Waals surface area contributed by atoms with Crippen LogP contribution in [-0.2, 0) is 9.84 Å². The molecule has 2 rings (SSSR count). The van der Waals surface area contributed by atoms with E-state index in [0.29, 0.717) is 11.4 Å². The van der Waals surface area contributed by atoms with Crippen molar-refractivity contribution in [2.45, 2.75) is 19.9 Å². The summed E-state index contributed by atoms with van der Waals surface area (Å²) in [6.07, 6.45) is 1.55. The summed E-state index contributed by atoms with van der Waals surface area (Å²) in [5, 5.41) is 0.734. The van der Waals surface area contributed by atoms with Gasteiger partial charge in [-0.2, -0.15) is 0 Å². The Labute approximate surface area is 104 Å². The fourth-order valence-corrected chi connectivity index (χ4v) is 4.34. The van der Waals surface area contributed by atoms with Gasteiger partial charge in [-0.05, 0) is 6.92 Å². The van der Waals surface area contributed by atoms with E-state index in [4.69, 9.17) is 0 Å². The van der Waals surface area contributed by atoms with Gasteiger partial charge in [0.2, 0.25) is 0 Å². The molecule has 1 saturated heterocycles. The number of aromatic nitrogens is 1. The molecular weight excluding hydrogens is 260 g/mol. The SMILES string of the molecule is CC(=O)c1cnc(N2CCS(=O)(=O)CC2C)s1. The normalized spacial score (nSPS) is 23.6. The van der Waals surface area contributed by atoms with Crippen LogP contribution < -0.4 is 4.90 Å². The molecule has 1 aromatic heterocycles. The maximum atomic E-state index is 11.5. The van der Waals surface area contributed by atoms with Crippen molar-refractivity contribution in [2.24, 2.45) is 0 Å². The molecule has 0 radical (unpaired) electrons. The average Bonchev–Trinajstić information content (AvgIpc) is 2.65. The zero-order valence-corrected chi connectivity index (χ0v) is 11.3. The smallest absolute Gasteiger partial charge is 0.186 e. The summed E-state index contributed by atoms with van der Waals surface area (Å²) >= 11 is 1.32. The van der Waals surface area contributed by atoms with Crippen LogP contribution in [-0.4, -0.2) is 43.3 Å². The van der Waals surface area contributed by atoms with E-state index in [0.717, 1.165) is 5.13 Å². The Morgan fingerprint density at radius 3 is 2.82 bits per heavy atom. The highest BCUT2D eigenvalue weighted by atomic mass is 32.2. The maximum Gasteiger partial charge on any atom is 0.186 e. The number of ketones is 1. The molecule has 0 amide bonds. The molecule has 0 spiro atoms. The van der Waals surface area contributed by atoms with Gasteiger partial charge in [-0.25, -0.2) is 13.4 Å². The molecule has 0 aliphatic carbocycles. The van der Waals surface area contributed by atoms with Gasteiger partial charge in [0.25, 0.3) is 0 Å². The molecule has 0 bridgehead atoms. The van der Waals surface area contributed by atoms with Gasteiger partial charge in [0, 0.05) is 19.5 Å². The summed E-state index contributed by atoms with van der Waals surface area (Å²) in [5.74, 6) is 0.305. The van der Waals surface area contributed by atoms with E-state index in [1.165, 1.54) is 18.3 Å². The fourth-order valence-electron chi connectivity index (χ4n) is 1.84. The van der Waals surface area contributed by atoms with Crippen LogP contribution >= 0.6 is 11.3 Å². The number of hydrogen-bond donors (Lipinski definition) is 0. The molecule has 17 heavy (non-hydrogen) atoms. The van der Waals surface area contributed by atoms with Crippen molar-refractivity contribution in [3.8, 4) is 0 Å². The lowest BCUT2D eigenvalue weighted by atomic mass is 10.3. The molecule has 5 nitrogen and oxygen atoms in total. The molecule has 1 aliphatic heterocycles. The van der Waals surface area contributed by atoms with Gasteiger partial charge >= 0.3 is 0 Å². The summed E-state index contributed by atoms with van der Waals surface area (Å²) in [5.41, 5.74) is 0. The Balaban J connectivity index is 2.20. The molecule has 0 N–H and O–H groups in total.